The Bertz CT molecular complexity index is 855. The standard InChI is InChI=1S/C18H15NO.2C2H6/c1-12-9-10-19-16(11-12)15-7-4-6-14-13-5-2-3-8-17(13)20-18(14)15;2*1-2/h2-11,16,19H,1H3;2*1-2H3. The minimum absolute atomic E-state index is 0.171. The molecule has 2 heteroatoms. The van der Waals surface area contributed by atoms with Crippen LogP contribution >= 0.6 is 0 Å². The molecule has 1 atom stereocenters. The van der Waals surface area contributed by atoms with E-state index < -0.39 is 0 Å². The van der Waals surface area contributed by atoms with Gasteiger partial charge in [-0.1, -0.05) is 75.7 Å². The smallest absolute Gasteiger partial charge is 0.141 e. The first kappa shape index (κ1) is 17.9. The fraction of sp³-hybridized carbons (Fsp3) is 0.273. The van der Waals surface area contributed by atoms with Crippen molar-refractivity contribution in [1.82, 2.24) is 5.32 Å². The second-order valence-corrected chi connectivity index (χ2v) is 5.21. The number of para-hydroxylation sites is 2. The van der Waals surface area contributed by atoms with Crippen LogP contribution in [0.25, 0.3) is 21.9 Å². The van der Waals surface area contributed by atoms with Gasteiger partial charge in [0.1, 0.15) is 11.2 Å². The van der Waals surface area contributed by atoms with Gasteiger partial charge in [-0.05, 0) is 25.3 Å². The van der Waals surface area contributed by atoms with Gasteiger partial charge in [-0.25, -0.2) is 0 Å². The Morgan fingerprint density at radius 1 is 0.875 bits per heavy atom. The minimum atomic E-state index is 0.171. The Balaban J connectivity index is 0.000000487. The SMILES string of the molecule is CC.CC.CC1=CC(c2cccc3c2oc2ccccc23)NC=C1. The van der Waals surface area contributed by atoms with Crippen molar-refractivity contribution in [1.29, 1.82) is 0 Å². The molecule has 1 aliphatic heterocycles. The summed E-state index contributed by atoms with van der Waals surface area (Å²) in [6.07, 6.45) is 6.30. The summed E-state index contributed by atoms with van der Waals surface area (Å²) in [5, 5.41) is 5.74. The van der Waals surface area contributed by atoms with E-state index in [1.807, 2.05) is 46.0 Å². The van der Waals surface area contributed by atoms with Crippen LogP contribution in [-0.2, 0) is 0 Å². The molecule has 0 saturated carbocycles. The van der Waals surface area contributed by atoms with Crippen molar-refractivity contribution in [3.05, 3.63) is 72.0 Å². The van der Waals surface area contributed by atoms with E-state index in [0.29, 0.717) is 0 Å². The summed E-state index contributed by atoms with van der Waals surface area (Å²) in [5.74, 6) is 0. The number of furan rings is 1. The van der Waals surface area contributed by atoms with E-state index >= 15 is 0 Å². The molecule has 24 heavy (non-hydrogen) atoms. The zero-order valence-corrected chi connectivity index (χ0v) is 15.3. The van der Waals surface area contributed by atoms with Gasteiger partial charge in [0.25, 0.3) is 0 Å². The highest BCUT2D eigenvalue weighted by molar-refractivity contribution is 6.05. The first-order chi connectivity index (χ1) is 11.8. The predicted molar refractivity (Wildman–Crippen MR) is 105 cm³/mol. The lowest BCUT2D eigenvalue weighted by Gasteiger charge is -2.18. The summed E-state index contributed by atoms with van der Waals surface area (Å²) in [6, 6.07) is 14.7. The number of hydrogen-bond acceptors (Lipinski definition) is 2. The topological polar surface area (TPSA) is 25.2 Å². The summed E-state index contributed by atoms with van der Waals surface area (Å²) < 4.78 is 6.08. The zero-order valence-electron chi connectivity index (χ0n) is 15.3. The van der Waals surface area contributed by atoms with Gasteiger partial charge in [-0.3, -0.25) is 0 Å². The van der Waals surface area contributed by atoms with Crippen LogP contribution in [0.5, 0.6) is 0 Å². The molecule has 126 valence electrons. The maximum atomic E-state index is 6.08. The van der Waals surface area contributed by atoms with Gasteiger partial charge < -0.3 is 9.73 Å². The first-order valence-corrected chi connectivity index (χ1v) is 8.84. The second kappa shape index (κ2) is 8.39. The Hall–Kier alpha value is -2.48. The average molecular weight is 321 g/mol. The number of rotatable bonds is 1. The van der Waals surface area contributed by atoms with Gasteiger partial charge in [0.2, 0.25) is 0 Å². The molecular weight excluding hydrogens is 294 g/mol. The number of hydrogen-bond donors (Lipinski definition) is 1. The molecular formula is C22H27NO. The molecule has 2 aromatic carbocycles. The third kappa shape index (κ3) is 3.38. The first-order valence-electron chi connectivity index (χ1n) is 8.84. The van der Waals surface area contributed by atoms with Gasteiger partial charge >= 0.3 is 0 Å². The molecule has 1 unspecified atom stereocenters. The largest absolute Gasteiger partial charge is 0.456 e. The molecule has 3 aromatic rings. The van der Waals surface area contributed by atoms with Crippen LogP contribution in [0.3, 0.4) is 0 Å². The van der Waals surface area contributed by atoms with Gasteiger partial charge in [0.15, 0.2) is 0 Å². The summed E-state index contributed by atoms with van der Waals surface area (Å²) in [5.41, 5.74) is 4.37. The van der Waals surface area contributed by atoms with E-state index in [1.165, 1.54) is 21.9 Å². The van der Waals surface area contributed by atoms with Crippen molar-refractivity contribution in [2.75, 3.05) is 0 Å². The quantitative estimate of drug-likeness (QED) is 0.536. The molecule has 0 radical (unpaired) electrons. The Labute approximate surface area is 144 Å². The van der Waals surface area contributed by atoms with E-state index in [1.54, 1.807) is 0 Å². The number of benzene rings is 2. The van der Waals surface area contributed by atoms with E-state index in [0.717, 1.165) is 11.2 Å². The highest BCUT2D eigenvalue weighted by Crippen LogP contribution is 2.34. The molecule has 0 amide bonds. The monoisotopic (exact) mass is 321 g/mol. The Kier molecular flexibility index (Phi) is 6.25. The predicted octanol–water partition coefficient (Wildman–Crippen LogP) is 6.74. The molecule has 1 N–H and O–H groups in total. The molecule has 1 aliphatic rings. The molecule has 0 fully saturated rings. The zero-order chi connectivity index (χ0) is 17.5. The highest BCUT2D eigenvalue weighted by Gasteiger charge is 2.16. The van der Waals surface area contributed by atoms with Gasteiger partial charge in [-0.15, -0.1) is 0 Å². The average Bonchev–Trinajstić information content (AvgIpc) is 3.04. The van der Waals surface area contributed by atoms with E-state index in [4.69, 9.17) is 4.42 Å². The highest BCUT2D eigenvalue weighted by atomic mass is 16.3. The summed E-state index contributed by atoms with van der Waals surface area (Å²) in [4.78, 5) is 0. The molecule has 0 spiro atoms. The van der Waals surface area contributed by atoms with Gasteiger partial charge in [-0.2, -0.15) is 0 Å². The molecule has 4 rings (SSSR count). The summed E-state index contributed by atoms with van der Waals surface area (Å²) >= 11 is 0. The van der Waals surface area contributed by atoms with Crippen LogP contribution in [0.2, 0.25) is 0 Å². The summed E-state index contributed by atoms with van der Waals surface area (Å²) in [7, 11) is 0. The lowest BCUT2D eigenvalue weighted by molar-refractivity contribution is 0.648. The van der Waals surface area contributed by atoms with Crippen molar-refractivity contribution < 1.29 is 4.42 Å². The molecule has 2 nitrogen and oxygen atoms in total. The van der Waals surface area contributed by atoms with Crippen LogP contribution in [0.1, 0.15) is 46.2 Å². The van der Waals surface area contributed by atoms with Crippen molar-refractivity contribution in [3.63, 3.8) is 0 Å². The maximum absolute atomic E-state index is 6.08. The molecule has 0 bridgehead atoms. The van der Waals surface area contributed by atoms with Crippen molar-refractivity contribution in [2.45, 2.75) is 40.7 Å². The fourth-order valence-electron chi connectivity index (χ4n) is 2.84. The lowest BCUT2D eigenvalue weighted by Crippen LogP contribution is -2.16. The van der Waals surface area contributed by atoms with Crippen molar-refractivity contribution >= 4 is 21.9 Å². The van der Waals surface area contributed by atoms with Crippen LogP contribution in [-0.4, -0.2) is 0 Å². The molecule has 0 aliphatic carbocycles. The van der Waals surface area contributed by atoms with Gasteiger partial charge in [0, 0.05) is 16.3 Å². The fourth-order valence-corrected chi connectivity index (χ4v) is 2.84. The van der Waals surface area contributed by atoms with Crippen LogP contribution in [0, 0.1) is 0 Å². The molecule has 2 heterocycles. The third-order valence-corrected chi connectivity index (χ3v) is 3.82. The third-order valence-electron chi connectivity index (χ3n) is 3.82. The Morgan fingerprint density at radius 3 is 2.33 bits per heavy atom. The normalized spacial score (nSPS) is 15.7. The molecule has 0 saturated heterocycles. The number of nitrogens with one attached hydrogen (secondary N) is 1. The lowest BCUT2D eigenvalue weighted by atomic mass is 10.00. The second-order valence-electron chi connectivity index (χ2n) is 5.21. The van der Waals surface area contributed by atoms with Crippen LogP contribution < -0.4 is 5.32 Å². The minimum Gasteiger partial charge on any atom is -0.456 e. The van der Waals surface area contributed by atoms with Crippen LogP contribution in [0.15, 0.2) is 70.8 Å². The van der Waals surface area contributed by atoms with E-state index in [2.05, 4.69) is 54.7 Å². The number of fused-ring (bicyclic) bond motifs is 3. The van der Waals surface area contributed by atoms with E-state index in [-0.39, 0.29) is 6.04 Å². The number of dihydropyridines is 1. The van der Waals surface area contributed by atoms with E-state index in [9.17, 15) is 0 Å². The number of allylic oxidation sites excluding steroid dienone is 2. The van der Waals surface area contributed by atoms with Crippen molar-refractivity contribution in [3.8, 4) is 0 Å². The van der Waals surface area contributed by atoms with Crippen molar-refractivity contribution in [2.24, 2.45) is 0 Å². The summed E-state index contributed by atoms with van der Waals surface area (Å²) in [6.45, 7) is 10.1. The molecule has 1 aromatic heterocycles. The van der Waals surface area contributed by atoms with Gasteiger partial charge in [0.05, 0.1) is 6.04 Å². The van der Waals surface area contributed by atoms with Crippen LogP contribution in [0.4, 0.5) is 0 Å². The maximum Gasteiger partial charge on any atom is 0.141 e. The Morgan fingerprint density at radius 2 is 1.58 bits per heavy atom.